The summed E-state index contributed by atoms with van der Waals surface area (Å²) in [6.07, 6.45) is 0.972. The van der Waals surface area contributed by atoms with Gasteiger partial charge < -0.3 is 4.90 Å². The molecule has 4 nitrogen and oxygen atoms in total. The zero-order valence-corrected chi connectivity index (χ0v) is 14.0. The Morgan fingerprint density at radius 1 is 1.24 bits per heavy atom. The number of halogens is 1. The normalized spacial score (nSPS) is 23.1. The van der Waals surface area contributed by atoms with Crippen molar-refractivity contribution in [2.24, 2.45) is 11.8 Å². The first-order valence-electron chi connectivity index (χ1n) is 7.04. The lowest BCUT2D eigenvalue weighted by Gasteiger charge is -2.35. The first kappa shape index (κ1) is 16.3. The van der Waals surface area contributed by atoms with E-state index in [4.69, 9.17) is 10.7 Å². The number of aryl methyl sites for hydroxylation is 1. The van der Waals surface area contributed by atoms with E-state index < -0.39 is 9.05 Å². The summed E-state index contributed by atoms with van der Waals surface area (Å²) >= 11 is 0. The molecular formula is C15H20ClNO3S. The number of carbonyl (C=O) groups is 1. The highest BCUT2D eigenvalue weighted by molar-refractivity contribution is 8.13. The van der Waals surface area contributed by atoms with Gasteiger partial charge in [-0.25, -0.2) is 8.42 Å². The molecule has 0 aromatic heterocycles. The Bertz CT molecular complexity index is 657. The van der Waals surface area contributed by atoms with Crippen molar-refractivity contribution < 1.29 is 13.2 Å². The van der Waals surface area contributed by atoms with Gasteiger partial charge in [-0.05, 0) is 48.9 Å². The molecule has 2 atom stereocenters. The molecule has 6 heteroatoms. The van der Waals surface area contributed by atoms with Crippen LogP contribution in [0.1, 0.15) is 36.2 Å². The Kier molecular flexibility index (Phi) is 4.63. The van der Waals surface area contributed by atoms with Crippen LogP contribution in [0.3, 0.4) is 0 Å². The molecule has 1 aliphatic rings. The minimum Gasteiger partial charge on any atom is -0.338 e. The van der Waals surface area contributed by atoms with E-state index in [-0.39, 0.29) is 10.8 Å². The molecule has 0 bridgehead atoms. The molecule has 21 heavy (non-hydrogen) atoms. The number of nitrogens with zero attached hydrogens (tertiary/aromatic N) is 1. The number of carbonyl (C=O) groups excluding carboxylic acids is 1. The van der Waals surface area contributed by atoms with Crippen LogP contribution in [0.15, 0.2) is 23.1 Å². The first-order valence-corrected chi connectivity index (χ1v) is 9.35. The molecular weight excluding hydrogens is 310 g/mol. The number of piperidine rings is 1. The molecule has 1 aromatic rings. The minimum absolute atomic E-state index is 0.0223. The van der Waals surface area contributed by atoms with Crippen LogP contribution in [0, 0.1) is 18.8 Å². The largest absolute Gasteiger partial charge is 0.338 e. The molecule has 1 heterocycles. The predicted octanol–water partition coefficient (Wildman–Crippen LogP) is 3.04. The maximum Gasteiger partial charge on any atom is 0.261 e. The van der Waals surface area contributed by atoms with E-state index in [0.29, 0.717) is 36.1 Å². The Morgan fingerprint density at radius 3 is 2.48 bits per heavy atom. The quantitative estimate of drug-likeness (QED) is 0.784. The highest BCUT2D eigenvalue weighted by Crippen LogP contribution is 2.25. The average Bonchev–Trinajstić information content (AvgIpc) is 2.39. The topological polar surface area (TPSA) is 54.5 Å². The lowest BCUT2D eigenvalue weighted by Crippen LogP contribution is -2.42. The third-order valence-corrected chi connectivity index (χ3v) is 5.53. The van der Waals surface area contributed by atoms with Crippen LogP contribution in [0.2, 0.25) is 0 Å². The monoisotopic (exact) mass is 329 g/mol. The van der Waals surface area contributed by atoms with Gasteiger partial charge in [0.05, 0.1) is 4.90 Å². The Labute approximate surface area is 130 Å². The summed E-state index contributed by atoms with van der Waals surface area (Å²) in [5.41, 5.74) is 1.09. The van der Waals surface area contributed by atoms with E-state index in [0.717, 1.165) is 6.42 Å². The molecule has 2 unspecified atom stereocenters. The zero-order chi connectivity index (χ0) is 15.8. The molecule has 1 aromatic carbocycles. The Hall–Kier alpha value is -1.07. The van der Waals surface area contributed by atoms with Gasteiger partial charge in [0.25, 0.3) is 15.0 Å². The number of likely N-dealkylation sites (tertiary alicyclic amines) is 1. The molecule has 0 radical (unpaired) electrons. The first-order chi connectivity index (χ1) is 9.68. The smallest absolute Gasteiger partial charge is 0.261 e. The highest BCUT2D eigenvalue weighted by atomic mass is 35.7. The number of benzene rings is 1. The van der Waals surface area contributed by atoms with Gasteiger partial charge in [-0.3, -0.25) is 4.79 Å². The van der Waals surface area contributed by atoms with Gasteiger partial charge in [0, 0.05) is 29.3 Å². The van der Waals surface area contributed by atoms with Gasteiger partial charge in [0.1, 0.15) is 0 Å². The summed E-state index contributed by atoms with van der Waals surface area (Å²) in [7, 11) is 1.55. The van der Waals surface area contributed by atoms with Crippen molar-refractivity contribution in [3.63, 3.8) is 0 Å². The van der Waals surface area contributed by atoms with Crippen molar-refractivity contribution in [1.82, 2.24) is 4.90 Å². The van der Waals surface area contributed by atoms with Gasteiger partial charge in [0.15, 0.2) is 0 Å². The SMILES string of the molecule is Cc1cc(C(=O)N2CCC(C)C(C)C2)cc(S(=O)(=O)Cl)c1. The van der Waals surface area contributed by atoms with Gasteiger partial charge in [0.2, 0.25) is 0 Å². The van der Waals surface area contributed by atoms with E-state index in [1.807, 2.05) is 0 Å². The Morgan fingerprint density at radius 2 is 1.90 bits per heavy atom. The molecule has 1 amide bonds. The zero-order valence-electron chi connectivity index (χ0n) is 12.5. The van der Waals surface area contributed by atoms with E-state index in [1.165, 1.54) is 12.1 Å². The van der Waals surface area contributed by atoms with Crippen LogP contribution in [0.4, 0.5) is 0 Å². The van der Waals surface area contributed by atoms with Crippen molar-refractivity contribution >= 4 is 25.6 Å². The molecule has 116 valence electrons. The molecule has 1 fully saturated rings. The third kappa shape index (κ3) is 3.77. The van der Waals surface area contributed by atoms with Gasteiger partial charge in [-0.2, -0.15) is 0 Å². The maximum atomic E-state index is 12.6. The fourth-order valence-corrected chi connectivity index (χ4v) is 3.50. The summed E-state index contributed by atoms with van der Waals surface area (Å²) in [6, 6.07) is 4.54. The van der Waals surface area contributed by atoms with Crippen molar-refractivity contribution in [2.45, 2.75) is 32.1 Å². The standard InChI is InChI=1S/C15H20ClNO3S/c1-10-6-13(8-14(7-10)21(16,19)20)15(18)17-5-4-11(2)12(3)9-17/h6-8,11-12H,4-5,9H2,1-3H3. The second-order valence-electron chi connectivity index (χ2n) is 5.97. The third-order valence-electron chi connectivity index (χ3n) is 4.20. The molecule has 1 saturated heterocycles. The molecule has 2 rings (SSSR count). The summed E-state index contributed by atoms with van der Waals surface area (Å²) in [4.78, 5) is 14.3. The number of rotatable bonds is 2. The minimum atomic E-state index is -3.83. The number of amides is 1. The van der Waals surface area contributed by atoms with Crippen molar-refractivity contribution in [1.29, 1.82) is 0 Å². The van der Waals surface area contributed by atoms with Gasteiger partial charge >= 0.3 is 0 Å². The van der Waals surface area contributed by atoms with Crippen LogP contribution in [-0.2, 0) is 9.05 Å². The van der Waals surface area contributed by atoms with Gasteiger partial charge in [-0.15, -0.1) is 0 Å². The molecule has 1 aliphatic heterocycles. The van der Waals surface area contributed by atoms with Crippen molar-refractivity contribution in [2.75, 3.05) is 13.1 Å². The van der Waals surface area contributed by atoms with E-state index in [2.05, 4.69) is 13.8 Å². The second kappa shape index (κ2) is 5.97. The summed E-state index contributed by atoms with van der Waals surface area (Å²) in [6.45, 7) is 7.49. The van der Waals surface area contributed by atoms with Crippen LogP contribution < -0.4 is 0 Å². The lowest BCUT2D eigenvalue weighted by atomic mass is 9.88. The number of hydrogen-bond donors (Lipinski definition) is 0. The van der Waals surface area contributed by atoms with Crippen LogP contribution >= 0.6 is 10.7 Å². The van der Waals surface area contributed by atoms with Crippen molar-refractivity contribution in [3.05, 3.63) is 29.3 Å². The number of hydrogen-bond acceptors (Lipinski definition) is 3. The van der Waals surface area contributed by atoms with Crippen LogP contribution in [-0.4, -0.2) is 32.3 Å². The molecule has 0 saturated carbocycles. The molecule has 0 N–H and O–H groups in total. The van der Waals surface area contributed by atoms with E-state index in [9.17, 15) is 13.2 Å². The summed E-state index contributed by atoms with van der Waals surface area (Å²) in [5.74, 6) is 0.924. The fraction of sp³-hybridized carbons (Fsp3) is 0.533. The second-order valence-corrected chi connectivity index (χ2v) is 8.53. The maximum absolute atomic E-state index is 12.6. The van der Waals surface area contributed by atoms with Crippen LogP contribution in [0.25, 0.3) is 0 Å². The fourth-order valence-electron chi connectivity index (χ4n) is 2.64. The molecule has 0 aliphatic carbocycles. The lowest BCUT2D eigenvalue weighted by molar-refractivity contribution is 0.0627. The van der Waals surface area contributed by atoms with Gasteiger partial charge in [-0.1, -0.05) is 13.8 Å². The van der Waals surface area contributed by atoms with Crippen LogP contribution in [0.5, 0.6) is 0 Å². The van der Waals surface area contributed by atoms with E-state index in [1.54, 1.807) is 17.9 Å². The summed E-state index contributed by atoms with van der Waals surface area (Å²) < 4.78 is 22.9. The Balaban J connectivity index is 2.30. The predicted molar refractivity (Wildman–Crippen MR) is 83.1 cm³/mol. The summed E-state index contributed by atoms with van der Waals surface area (Å²) in [5, 5.41) is 0. The highest BCUT2D eigenvalue weighted by Gasteiger charge is 2.27. The average molecular weight is 330 g/mol. The molecule has 0 spiro atoms. The van der Waals surface area contributed by atoms with Crippen molar-refractivity contribution in [3.8, 4) is 0 Å². The van der Waals surface area contributed by atoms with E-state index >= 15 is 0 Å².